The molecule has 0 aliphatic rings. The molecule has 0 fully saturated rings. The van der Waals surface area contributed by atoms with E-state index >= 15 is 4.57 Å². The van der Waals surface area contributed by atoms with Crippen LogP contribution in [0.2, 0.25) is 0 Å². The van der Waals surface area contributed by atoms with Crippen molar-refractivity contribution in [3.63, 3.8) is 0 Å². The number of benzene rings is 9. The van der Waals surface area contributed by atoms with Crippen molar-refractivity contribution in [1.29, 1.82) is 0 Å². The maximum absolute atomic E-state index is 15.4. The van der Waals surface area contributed by atoms with E-state index in [2.05, 4.69) is 165 Å². The molecule has 288 valence electrons. The molecular formula is C55H37N4OP. The molecule has 0 unspecified atom stereocenters. The highest BCUT2D eigenvalue weighted by Gasteiger charge is 2.30. The van der Waals surface area contributed by atoms with Gasteiger partial charge in [0.05, 0.1) is 39.0 Å². The van der Waals surface area contributed by atoms with Crippen molar-refractivity contribution >= 4 is 77.7 Å². The molecule has 0 atom stereocenters. The van der Waals surface area contributed by atoms with Gasteiger partial charge in [-0.1, -0.05) is 176 Å². The van der Waals surface area contributed by atoms with Gasteiger partial charge in [0.25, 0.3) is 0 Å². The third kappa shape index (κ3) is 5.34. The van der Waals surface area contributed by atoms with Crippen LogP contribution in [0.5, 0.6) is 0 Å². The van der Waals surface area contributed by atoms with Crippen LogP contribution < -0.4 is 15.9 Å². The monoisotopic (exact) mass is 800 g/mol. The standard InChI is InChI=1S/C55H37N4OP/c60-61(40-20-6-2-7-21-40,41-22-8-3-9-23-41)42-34-32-38(33-35-42)55-56-53-51(58-47-28-14-10-24-43(47)44-25-11-15-29-48(44)58)36-37-52(54(53)57(55)39-18-4-1-5-19-39)59-49-30-16-12-26-45(49)46-27-13-17-31-50(46)59/h1-37H. The van der Waals surface area contributed by atoms with Crippen molar-refractivity contribution in [2.75, 3.05) is 0 Å². The average Bonchev–Trinajstić information content (AvgIpc) is 4.01. The van der Waals surface area contributed by atoms with Crippen LogP contribution in [0, 0.1) is 0 Å². The third-order valence-electron chi connectivity index (χ3n) is 12.1. The number of fused-ring (bicyclic) bond motifs is 7. The molecule has 3 aromatic heterocycles. The lowest BCUT2D eigenvalue weighted by atomic mass is 10.2. The average molecular weight is 801 g/mol. The summed E-state index contributed by atoms with van der Waals surface area (Å²) < 4.78 is 22.5. The number of imidazole rings is 1. The first kappa shape index (κ1) is 35.2. The smallest absolute Gasteiger partial charge is 0.171 e. The Kier molecular flexibility index (Phi) is 8.06. The van der Waals surface area contributed by atoms with Crippen LogP contribution in [0.1, 0.15) is 0 Å². The normalized spacial score (nSPS) is 12.0. The molecule has 0 aliphatic heterocycles. The molecular weight excluding hydrogens is 764 g/mol. The van der Waals surface area contributed by atoms with Gasteiger partial charge in [-0.2, -0.15) is 0 Å². The summed E-state index contributed by atoms with van der Waals surface area (Å²) in [6, 6.07) is 77.6. The molecule has 61 heavy (non-hydrogen) atoms. The first-order valence-electron chi connectivity index (χ1n) is 20.6. The van der Waals surface area contributed by atoms with Crippen LogP contribution >= 0.6 is 7.14 Å². The SMILES string of the molecule is O=P(c1ccccc1)(c1ccccc1)c1ccc(-c2nc3c(-n4c5ccccc5c5ccccc54)ccc(-n4c5ccccc5c5ccccc54)c3n2-c2ccccc2)cc1. The minimum atomic E-state index is -3.20. The zero-order valence-electron chi connectivity index (χ0n) is 33.0. The van der Waals surface area contributed by atoms with Gasteiger partial charge in [0.2, 0.25) is 0 Å². The fourth-order valence-corrected chi connectivity index (χ4v) is 12.1. The van der Waals surface area contributed by atoms with E-state index in [-0.39, 0.29) is 0 Å². The van der Waals surface area contributed by atoms with Gasteiger partial charge < -0.3 is 13.7 Å². The molecule has 12 rings (SSSR count). The van der Waals surface area contributed by atoms with Crippen molar-refractivity contribution in [3.8, 4) is 28.5 Å². The highest BCUT2D eigenvalue weighted by atomic mass is 31.2. The zero-order valence-corrected chi connectivity index (χ0v) is 33.9. The van der Waals surface area contributed by atoms with Gasteiger partial charge in [-0.25, -0.2) is 4.98 Å². The summed E-state index contributed by atoms with van der Waals surface area (Å²) in [6.07, 6.45) is 0. The molecule has 6 heteroatoms. The highest BCUT2D eigenvalue weighted by Crippen LogP contribution is 2.44. The molecule has 3 heterocycles. The van der Waals surface area contributed by atoms with Gasteiger partial charge in [-0.3, -0.25) is 4.57 Å². The summed E-state index contributed by atoms with van der Waals surface area (Å²) >= 11 is 0. The predicted octanol–water partition coefficient (Wildman–Crippen LogP) is 12.5. The quantitative estimate of drug-likeness (QED) is 0.151. The summed E-state index contributed by atoms with van der Waals surface area (Å²) in [7, 11) is -3.20. The van der Waals surface area contributed by atoms with Crippen LogP contribution in [0.4, 0.5) is 0 Å². The zero-order chi connectivity index (χ0) is 40.5. The van der Waals surface area contributed by atoms with E-state index in [0.717, 1.165) is 77.5 Å². The van der Waals surface area contributed by atoms with Gasteiger partial charge in [-0.05, 0) is 48.5 Å². The Hall–Kier alpha value is -7.72. The van der Waals surface area contributed by atoms with Crippen LogP contribution in [0.15, 0.2) is 224 Å². The third-order valence-corrected chi connectivity index (χ3v) is 15.2. The van der Waals surface area contributed by atoms with E-state index in [4.69, 9.17) is 4.98 Å². The second-order valence-corrected chi connectivity index (χ2v) is 18.2. The van der Waals surface area contributed by atoms with E-state index in [1.165, 1.54) is 21.5 Å². The first-order chi connectivity index (χ1) is 30.2. The number of rotatable bonds is 7. The molecule has 0 saturated carbocycles. The van der Waals surface area contributed by atoms with Crippen LogP contribution in [-0.4, -0.2) is 18.7 Å². The number of hydrogen-bond donors (Lipinski definition) is 0. The lowest BCUT2D eigenvalue weighted by Gasteiger charge is -2.20. The fourth-order valence-electron chi connectivity index (χ4n) is 9.44. The lowest BCUT2D eigenvalue weighted by molar-refractivity contribution is 0.592. The molecule has 0 N–H and O–H groups in total. The maximum Gasteiger partial charge on any atom is 0.171 e. The summed E-state index contributed by atoms with van der Waals surface area (Å²) in [5.41, 5.74) is 10.2. The summed E-state index contributed by atoms with van der Waals surface area (Å²) in [6.45, 7) is 0. The Morgan fingerprint density at radius 1 is 0.344 bits per heavy atom. The first-order valence-corrected chi connectivity index (χ1v) is 22.3. The van der Waals surface area contributed by atoms with E-state index in [9.17, 15) is 0 Å². The van der Waals surface area contributed by atoms with Crippen molar-refractivity contribution in [1.82, 2.24) is 18.7 Å². The second kappa shape index (κ2) is 13.9. The van der Waals surface area contributed by atoms with Crippen LogP contribution in [0.25, 0.3) is 83.1 Å². The topological polar surface area (TPSA) is 44.8 Å². The van der Waals surface area contributed by atoms with E-state index in [0.29, 0.717) is 0 Å². The molecule has 0 amide bonds. The van der Waals surface area contributed by atoms with Crippen LogP contribution in [-0.2, 0) is 4.57 Å². The Morgan fingerprint density at radius 3 is 1.20 bits per heavy atom. The number of hydrogen-bond acceptors (Lipinski definition) is 2. The number of para-hydroxylation sites is 5. The largest absolute Gasteiger partial charge is 0.309 e. The van der Waals surface area contributed by atoms with Gasteiger partial charge in [-0.15, -0.1) is 0 Å². The molecule has 9 aromatic carbocycles. The molecule has 5 nitrogen and oxygen atoms in total. The second-order valence-electron chi connectivity index (χ2n) is 15.5. The van der Waals surface area contributed by atoms with Gasteiger partial charge in [0, 0.05) is 48.7 Å². The maximum atomic E-state index is 15.4. The number of nitrogens with zero attached hydrogens (tertiary/aromatic N) is 4. The highest BCUT2D eigenvalue weighted by molar-refractivity contribution is 7.85. The van der Waals surface area contributed by atoms with Crippen LogP contribution in [0.3, 0.4) is 0 Å². The van der Waals surface area contributed by atoms with Crippen molar-refractivity contribution in [2.45, 2.75) is 0 Å². The van der Waals surface area contributed by atoms with E-state index < -0.39 is 7.14 Å². The molecule has 12 aromatic rings. The summed E-state index contributed by atoms with van der Waals surface area (Å²) in [4.78, 5) is 5.73. The van der Waals surface area contributed by atoms with Gasteiger partial charge >= 0.3 is 0 Å². The van der Waals surface area contributed by atoms with Gasteiger partial charge in [0.15, 0.2) is 7.14 Å². The molecule has 0 radical (unpaired) electrons. The molecule has 0 saturated heterocycles. The lowest BCUT2D eigenvalue weighted by Crippen LogP contribution is -2.24. The van der Waals surface area contributed by atoms with E-state index in [1.807, 2.05) is 72.8 Å². The Bertz CT molecular complexity index is 3510. The molecule has 0 spiro atoms. The summed E-state index contributed by atoms with van der Waals surface area (Å²) in [5.74, 6) is 0.789. The van der Waals surface area contributed by atoms with Crippen molar-refractivity contribution < 1.29 is 4.57 Å². The minimum Gasteiger partial charge on any atom is -0.309 e. The van der Waals surface area contributed by atoms with Gasteiger partial charge in [0.1, 0.15) is 11.3 Å². The Balaban J connectivity index is 1.19. The minimum absolute atomic E-state index is 0.771. The predicted molar refractivity (Wildman–Crippen MR) is 255 cm³/mol. The van der Waals surface area contributed by atoms with Crippen molar-refractivity contribution in [3.05, 3.63) is 224 Å². The number of aromatic nitrogens is 4. The summed E-state index contributed by atoms with van der Waals surface area (Å²) in [5, 5.41) is 7.15. The van der Waals surface area contributed by atoms with Crippen molar-refractivity contribution in [2.24, 2.45) is 0 Å². The Labute approximate surface area is 352 Å². The molecule has 0 aliphatic carbocycles. The molecule has 0 bridgehead atoms. The Morgan fingerprint density at radius 2 is 0.721 bits per heavy atom. The fraction of sp³-hybridized carbons (Fsp3) is 0. The van der Waals surface area contributed by atoms with E-state index in [1.54, 1.807) is 0 Å².